The Morgan fingerprint density at radius 1 is 1.26 bits per heavy atom. The molecule has 2 rings (SSSR count). The number of rotatable bonds is 5. The van der Waals surface area contributed by atoms with Crippen LogP contribution in [0.5, 0.6) is 0 Å². The molecule has 19 heavy (non-hydrogen) atoms. The average molecular weight is 330 g/mol. The maximum atomic E-state index is 12.8. The quantitative estimate of drug-likeness (QED) is 0.749. The molecule has 0 saturated heterocycles. The van der Waals surface area contributed by atoms with Crippen LogP contribution in [0, 0.1) is 17.3 Å². The van der Waals surface area contributed by atoms with Crippen molar-refractivity contribution in [3.63, 3.8) is 0 Å². The Hall–Kier alpha value is -0.0500. The molecule has 2 aliphatic carbocycles. The lowest BCUT2D eigenvalue weighted by molar-refractivity contribution is -0.132. The van der Waals surface area contributed by atoms with E-state index >= 15 is 0 Å². The number of carbonyl (C=O) groups excluding carboxylic acids is 1. The number of hydrogen-bond acceptors (Lipinski definition) is 1. The van der Waals surface area contributed by atoms with Gasteiger partial charge in [0.15, 0.2) is 0 Å². The number of hydrogen-bond donors (Lipinski definition) is 1. The highest BCUT2D eigenvalue weighted by Gasteiger charge is 2.42. The molecular formula is C16H28BrNO. The van der Waals surface area contributed by atoms with Crippen molar-refractivity contribution < 1.29 is 4.79 Å². The predicted octanol–water partition coefficient (Wildman–Crippen LogP) is 4.27. The van der Waals surface area contributed by atoms with E-state index in [1.54, 1.807) is 0 Å². The summed E-state index contributed by atoms with van der Waals surface area (Å²) in [6, 6.07) is 0.413. The number of nitrogens with one attached hydrogen (secondary N) is 1. The normalized spacial score (nSPS) is 29.9. The first-order valence-electron chi connectivity index (χ1n) is 7.94. The summed E-state index contributed by atoms with van der Waals surface area (Å²) in [7, 11) is 0. The van der Waals surface area contributed by atoms with Crippen LogP contribution in [-0.4, -0.2) is 17.3 Å². The van der Waals surface area contributed by atoms with Crippen molar-refractivity contribution >= 4 is 21.8 Å². The number of halogens is 1. The molecule has 2 aliphatic rings. The highest BCUT2D eigenvalue weighted by atomic mass is 79.9. The Kier molecular flexibility index (Phi) is 5.33. The van der Waals surface area contributed by atoms with Crippen LogP contribution in [-0.2, 0) is 4.79 Å². The first kappa shape index (κ1) is 15.3. The van der Waals surface area contributed by atoms with Gasteiger partial charge in [-0.1, -0.05) is 49.0 Å². The second-order valence-corrected chi connectivity index (χ2v) is 7.66. The van der Waals surface area contributed by atoms with E-state index in [4.69, 9.17) is 0 Å². The average Bonchev–Trinajstić information content (AvgIpc) is 2.98. The van der Waals surface area contributed by atoms with Crippen molar-refractivity contribution in [1.82, 2.24) is 5.32 Å². The van der Waals surface area contributed by atoms with Crippen LogP contribution in [0.15, 0.2) is 0 Å². The van der Waals surface area contributed by atoms with Crippen molar-refractivity contribution in [3.8, 4) is 0 Å². The van der Waals surface area contributed by atoms with E-state index in [0.717, 1.165) is 24.6 Å². The smallest absolute Gasteiger partial charge is 0.226 e. The largest absolute Gasteiger partial charge is 0.353 e. The summed E-state index contributed by atoms with van der Waals surface area (Å²) in [5.74, 6) is 1.61. The maximum absolute atomic E-state index is 12.8. The van der Waals surface area contributed by atoms with Crippen molar-refractivity contribution in [1.29, 1.82) is 0 Å². The van der Waals surface area contributed by atoms with Gasteiger partial charge in [-0.2, -0.15) is 0 Å². The van der Waals surface area contributed by atoms with Gasteiger partial charge < -0.3 is 5.32 Å². The van der Waals surface area contributed by atoms with Gasteiger partial charge in [0.2, 0.25) is 5.91 Å². The van der Waals surface area contributed by atoms with E-state index in [-0.39, 0.29) is 5.41 Å². The fraction of sp³-hybridized carbons (Fsp3) is 0.938. The second-order valence-electron chi connectivity index (χ2n) is 7.01. The molecule has 3 heteroatoms. The lowest BCUT2D eigenvalue weighted by Gasteiger charge is -2.32. The molecular weight excluding hydrogens is 302 g/mol. The Balaban J connectivity index is 1.99. The molecule has 110 valence electrons. The topological polar surface area (TPSA) is 29.1 Å². The van der Waals surface area contributed by atoms with Crippen molar-refractivity contribution in [3.05, 3.63) is 0 Å². The minimum Gasteiger partial charge on any atom is -0.353 e. The summed E-state index contributed by atoms with van der Waals surface area (Å²) in [5.41, 5.74) is -0.0480. The Morgan fingerprint density at radius 2 is 1.95 bits per heavy atom. The third-order valence-corrected chi connectivity index (χ3v) is 5.85. The van der Waals surface area contributed by atoms with E-state index in [1.807, 2.05) is 0 Å². The van der Waals surface area contributed by atoms with Crippen LogP contribution in [0.4, 0.5) is 0 Å². The van der Waals surface area contributed by atoms with Crippen LogP contribution in [0.1, 0.15) is 65.2 Å². The van der Waals surface area contributed by atoms with E-state index in [0.29, 0.717) is 23.8 Å². The summed E-state index contributed by atoms with van der Waals surface area (Å²) in [4.78, 5) is 12.8. The molecule has 2 atom stereocenters. The number of amides is 1. The van der Waals surface area contributed by atoms with E-state index < -0.39 is 0 Å². The first-order valence-corrected chi connectivity index (χ1v) is 9.06. The van der Waals surface area contributed by atoms with Gasteiger partial charge in [-0.15, -0.1) is 0 Å². The van der Waals surface area contributed by atoms with Gasteiger partial charge in [-0.25, -0.2) is 0 Å². The molecule has 2 saturated carbocycles. The fourth-order valence-electron chi connectivity index (χ4n) is 4.09. The van der Waals surface area contributed by atoms with E-state index in [2.05, 4.69) is 35.1 Å². The standard InChI is InChI=1S/C16H28BrNO/c1-12(2)10-16(8-3-4-9-16)15(19)18-14-7-5-6-13(14)11-17/h12-14H,3-11H2,1-2H3,(H,18,19). The summed E-state index contributed by atoms with van der Waals surface area (Å²) in [6.45, 7) is 4.48. The maximum Gasteiger partial charge on any atom is 0.226 e. The van der Waals surface area contributed by atoms with E-state index in [1.165, 1.54) is 32.1 Å². The summed E-state index contributed by atoms with van der Waals surface area (Å²) < 4.78 is 0. The molecule has 0 spiro atoms. The van der Waals surface area contributed by atoms with Crippen LogP contribution >= 0.6 is 15.9 Å². The Bertz CT molecular complexity index is 310. The van der Waals surface area contributed by atoms with Crippen LogP contribution < -0.4 is 5.32 Å². The minimum absolute atomic E-state index is 0.0480. The monoisotopic (exact) mass is 329 g/mol. The molecule has 0 radical (unpaired) electrons. The van der Waals surface area contributed by atoms with Crippen molar-refractivity contribution in [2.24, 2.45) is 17.3 Å². The van der Waals surface area contributed by atoms with Gasteiger partial charge >= 0.3 is 0 Å². The SMILES string of the molecule is CC(C)CC1(C(=O)NC2CCCC2CBr)CCCC1. The molecule has 2 unspecified atom stereocenters. The van der Waals surface area contributed by atoms with Crippen LogP contribution in [0.25, 0.3) is 0 Å². The molecule has 0 aromatic rings. The molecule has 0 aromatic heterocycles. The van der Waals surface area contributed by atoms with Crippen LogP contribution in [0.2, 0.25) is 0 Å². The zero-order chi connectivity index (χ0) is 13.9. The van der Waals surface area contributed by atoms with Gasteiger partial charge in [-0.3, -0.25) is 4.79 Å². The van der Waals surface area contributed by atoms with Gasteiger partial charge in [-0.05, 0) is 43.9 Å². The molecule has 2 fully saturated rings. The molecule has 2 nitrogen and oxygen atoms in total. The minimum atomic E-state index is -0.0480. The van der Waals surface area contributed by atoms with Crippen molar-refractivity contribution in [2.75, 3.05) is 5.33 Å². The second kappa shape index (κ2) is 6.60. The predicted molar refractivity (Wildman–Crippen MR) is 83.4 cm³/mol. The van der Waals surface area contributed by atoms with Gasteiger partial charge in [0.05, 0.1) is 0 Å². The van der Waals surface area contributed by atoms with Crippen molar-refractivity contribution in [2.45, 2.75) is 71.3 Å². The lowest BCUT2D eigenvalue weighted by Crippen LogP contribution is -2.46. The highest BCUT2D eigenvalue weighted by Crippen LogP contribution is 2.44. The van der Waals surface area contributed by atoms with Gasteiger partial charge in [0.25, 0.3) is 0 Å². The molecule has 0 heterocycles. The Morgan fingerprint density at radius 3 is 2.53 bits per heavy atom. The Labute approximate surface area is 126 Å². The first-order chi connectivity index (χ1) is 9.07. The number of carbonyl (C=O) groups is 1. The summed E-state index contributed by atoms with van der Waals surface area (Å²) in [5, 5.41) is 4.42. The third kappa shape index (κ3) is 3.53. The van der Waals surface area contributed by atoms with Crippen LogP contribution in [0.3, 0.4) is 0 Å². The van der Waals surface area contributed by atoms with Gasteiger partial charge in [0.1, 0.15) is 0 Å². The number of alkyl halides is 1. The highest BCUT2D eigenvalue weighted by molar-refractivity contribution is 9.09. The molecule has 0 bridgehead atoms. The molecule has 0 aromatic carbocycles. The zero-order valence-corrected chi connectivity index (χ0v) is 14.0. The summed E-state index contributed by atoms with van der Waals surface area (Å²) >= 11 is 3.59. The molecule has 1 N–H and O–H groups in total. The molecule has 1 amide bonds. The third-order valence-electron chi connectivity index (χ3n) is 5.02. The lowest BCUT2D eigenvalue weighted by atomic mass is 9.77. The fourth-order valence-corrected chi connectivity index (χ4v) is 4.87. The zero-order valence-electron chi connectivity index (χ0n) is 12.4. The van der Waals surface area contributed by atoms with Gasteiger partial charge in [0, 0.05) is 16.8 Å². The van der Waals surface area contributed by atoms with E-state index in [9.17, 15) is 4.79 Å². The summed E-state index contributed by atoms with van der Waals surface area (Å²) in [6.07, 6.45) is 9.40. The molecule has 0 aliphatic heterocycles.